The second kappa shape index (κ2) is 8.14. The molecule has 0 atom stereocenters. The highest BCUT2D eigenvalue weighted by Crippen LogP contribution is 2.24. The van der Waals surface area contributed by atoms with Crippen molar-refractivity contribution in [2.24, 2.45) is 5.92 Å². The number of aromatic nitrogens is 1. The Labute approximate surface area is 143 Å². The number of carbonyl (C=O) groups is 1. The smallest absolute Gasteiger partial charge is 0.266 e. The quantitative estimate of drug-likeness (QED) is 0.902. The monoisotopic (exact) mass is 329 g/mol. The molecule has 1 aromatic heterocycles. The Balaban J connectivity index is 1.98. The lowest BCUT2D eigenvalue weighted by Crippen LogP contribution is -2.33. The average molecular weight is 329 g/mol. The SMILES string of the molecule is Cc1[nH]c(=O)c(C#N)c(C)c1CCC(=O)N(C)CC1CCCCC1. The zero-order valence-electron chi connectivity index (χ0n) is 14.9. The van der Waals surface area contributed by atoms with Gasteiger partial charge in [-0.05, 0) is 50.2 Å². The minimum atomic E-state index is -0.350. The Bertz CT molecular complexity index is 694. The first kappa shape index (κ1) is 18.3. The van der Waals surface area contributed by atoms with Crippen LogP contribution in [0.2, 0.25) is 0 Å². The molecule has 0 aliphatic heterocycles. The number of carbonyl (C=O) groups excluding carboxylic acids is 1. The number of aromatic amines is 1. The van der Waals surface area contributed by atoms with Crippen LogP contribution in [0.5, 0.6) is 0 Å². The highest BCUT2D eigenvalue weighted by atomic mass is 16.2. The molecule has 1 fully saturated rings. The van der Waals surface area contributed by atoms with Gasteiger partial charge in [0.05, 0.1) is 0 Å². The lowest BCUT2D eigenvalue weighted by molar-refractivity contribution is -0.130. The number of nitriles is 1. The molecule has 1 aliphatic carbocycles. The number of aryl methyl sites for hydroxylation is 1. The number of nitrogens with one attached hydrogen (secondary N) is 1. The van der Waals surface area contributed by atoms with Crippen molar-refractivity contribution in [3.8, 4) is 6.07 Å². The Morgan fingerprint density at radius 2 is 1.96 bits per heavy atom. The van der Waals surface area contributed by atoms with Gasteiger partial charge in [-0.25, -0.2) is 0 Å². The summed E-state index contributed by atoms with van der Waals surface area (Å²) in [5, 5.41) is 9.12. The summed E-state index contributed by atoms with van der Waals surface area (Å²) in [5.41, 5.74) is 2.15. The third-order valence-electron chi connectivity index (χ3n) is 5.19. The van der Waals surface area contributed by atoms with Gasteiger partial charge in [-0.3, -0.25) is 9.59 Å². The van der Waals surface area contributed by atoms with Gasteiger partial charge in [-0.1, -0.05) is 19.3 Å². The summed E-state index contributed by atoms with van der Waals surface area (Å²) >= 11 is 0. The fraction of sp³-hybridized carbons (Fsp3) is 0.632. The molecular weight excluding hydrogens is 302 g/mol. The fourth-order valence-corrected chi connectivity index (χ4v) is 3.70. The molecule has 2 rings (SSSR count). The van der Waals surface area contributed by atoms with Crippen LogP contribution in [0.3, 0.4) is 0 Å². The molecule has 5 heteroatoms. The van der Waals surface area contributed by atoms with Gasteiger partial charge in [0.2, 0.25) is 5.91 Å². The molecule has 130 valence electrons. The van der Waals surface area contributed by atoms with Crippen molar-refractivity contribution in [1.29, 1.82) is 5.26 Å². The Kier molecular flexibility index (Phi) is 6.19. The molecule has 0 saturated heterocycles. The molecule has 1 aromatic rings. The van der Waals surface area contributed by atoms with Crippen LogP contribution in [0, 0.1) is 31.1 Å². The highest BCUT2D eigenvalue weighted by Gasteiger charge is 2.19. The lowest BCUT2D eigenvalue weighted by Gasteiger charge is -2.27. The van der Waals surface area contributed by atoms with E-state index in [1.165, 1.54) is 32.1 Å². The molecular formula is C19H27N3O2. The number of pyridine rings is 1. The van der Waals surface area contributed by atoms with Crippen LogP contribution < -0.4 is 5.56 Å². The molecule has 1 saturated carbocycles. The molecule has 1 aliphatic rings. The van der Waals surface area contributed by atoms with Gasteiger partial charge in [-0.2, -0.15) is 5.26 Å². The molecule has 1 heterocycles. The minimum absolute atomic E-state index is 0.129. The third-order valence-corrected chi connectivity index (χ3v) is 5.19. The van der Waals surface area contributed by atoms with Crippen molar-refractivity contribution in [3.63, 3.8) is 0 Å². The number of rotatable bonds is 5. The van der Waals surface area contributed by atoms with Crippen molar-refractivity contribution >= 4 is 5.91 Å². The Morgan fingerprint density at radius 1 is 1.29 bits per heavy atom. The van der Waals surface area contributed by atoms with Crippen LogP contribution in [-0.2, 0) is 11.2 Å². The van der Waals surface area contributed by atoms with E-state index in [1.54, 1.807) is 6.92 Å². The standard InChI is InChI=1S/C19H27N3O2/c1-13-16(14(2)21-19(24)17(13)11-20)9-10-18(23)22(3)12-15-7-5-4-6-8-15/h15H,4-10,12H2,1-3H3,(H,21,24). The topological polar surface area (TPSA) is 77.0 Å². The fourth-order valence-electron chi connectivity index (χ4n) is 3.70. The molecule has 24 heavy (non-hydrogen) atoms. The van der Waals surface area contributed by atoms with Gasteiger partial charge in [-0.15, -0.1) is 0 Å². The summed E-state index contributed by atoms with van der Waals surface area (Å²) in [6.07, 6.45) is 7.28. The first-order valence-electron chi connectivity index (χ1n) is 8.80. The number of H-pyrrole nitrogens is 1. The molecule has 5 nitrogen and oxygen atoms in total. The van der Waals surface area contributed by atoms with Crippen molar-refractivity contribution in [2.75, 3.05) is 13.6 Å². The Morgan fingerprint density at radius 3 is 2.58 bits per heavy atom. The van der Waals surface area contributed by atoms with E-state index >= 15 is 0 Å². The number of amides is 1. The summed E-state index contributed by atoms with van der Waals surface area (Å²) in [5.74, 6) is 0.763. The normalized spacial score (nSPS) is 15.1. The van der Waals surface area contributed by atoms with Gasteiger partial charge in [0, 0.05) is 25.7 Å². The minimum Gasteiger partial charge on any atom is -0.345 e. The Hall–Kier alpha value is -2.09. The van der Waals surface area contributed by atoms with E-state index < -0.39 is 0 Å². The molecule has 0 aromatic carbocycles. The van der Waals surface area contributed by atoms with Crippen LogP contribution in [0.15, 0.2) is 4.79 Å². The number of hydrogen-bond donors (Lipinski definition) is 1. The molecule has 1 N–H and O–H groups in total. The van der Waals surface area contributed by atoms with Crippen molar-refractivity contribution in [3.05, 3.63) is 32.7 Å². The van der Waals surface area contributed by atoms with E-state index in [-0.39, 0.29) is 17.0 Å². The lowest BCUT2D eigenvalue weighted by atomic mass is 9.89. The van der Waals surface area contributed by atoms with Crippen LogP contribution in [0.25, 0.3) is 0 Å². The van der Waals surface area contributed by atoms with Crippen LogP contribution in [0.4, 0.5) is 0 Å². The molecule has 0 unspecified atom stereocenters. The van der Waals surface area contributed by atoms with Gasteiger partial charge in [0.25, 0.3) is 5.56 Å². The largest absolute Gasteiger partial charge is 0.345 e. The summed E-state index contributed by atoms with van der Waals surface area (Å²) in [4.78, 5) is 28.7. The number of hydrogen-bond acceptors (Lipinski definition) is 3. The summed E-state index contributed by atoms with van der Waals surface area (Å²) < 4.78 is 0. The molecule has 0 radical (unpaired) electrons. The maximum absolute atomic E-state index is 12.4. The van der Waals surface area contributed by atoms with Gasteiger partial charge in [0.15, 0.2) is 0 Å². The zero-order valence-corrected chi connectivity index (χ0v) is 14.9. The van der Waals surface area contributed by atoms with Crippen molar-refractivity contribution in [2.45, 2.75) is 58.8 Å². The van der Waals surface area contributed by atoms with Gasteiger partial charge < -0.3 is 9.88 Å². The van der Waals surface area contributed by atoms with E-state index in [2.05, 4.69) is 4.98 Å². The summed E-state index contributed by atoms with van der Waals surface area (Å²) in [6, 6.07) is 1.96. The second-order valence-corrected chi connectivity index (χ2v) is 6.95. The summed E-state index contributed by atoms with van der Waals surface area (Å²) in [7, 11) is 1.88. The number of nitrogens with zero attached hydrogens (tertiary/aromatic N) is 2. The van der Waals surface area contributed by atoms with Crippen molar-refractivity contribution < 1.29 is 4.79 Å². The zero-order chi connectivity index (χ0) is 17.7. The van der Waals surface area contributed by atoms with Crippen molar-refractivity contribution in [1.82, 2.24) is 9.88 Å². The van der Waals surface area contributed by atoms with Gasteiger partial charge >= 0.3 is 0 Å². The predicted octanol–water partition coefficient (Wildman–Crippen LogP) is 2.83. The molecule has 0 bridgehead atoms. The van der Waals surface area contributed by atoms with Crippen LogP contribution in [0.1, 0.15) is 60.9 Å². The first-order valence-corrected chi connectivity index (χ1v) is 8.80. The maximum Gasteiger partial charge on any atom is 0.266 e. The molecule has 1 amide bonds. The van der Waals surface area contributed by atoms with Crippen LogP contribution >= 0.6 is 0 Å². The van der Waals surface area contributed by atoms with E-state index in [0.717, 1.165) is 17.8 Å². The van der Waals surface area contributed by atoms with Gasteiger partial charge in [0.1, 0.15) is 11.6 Å². The molecule has 0 spiro atoms. The van der Waals surface area contributed by atoms with E-state index in [1.807, 2.05) is 24.9 Å². The first-order chi connectivity index (χ1) is 11.4. The van der Waals surface area contributed by atoms with E-state index in [9.17, 15) is 9.59 Å². The maximum atomic E-state index is 12.4. The van der Waals surface area contributed by atoms with E-state index in [0.29, 0.717) is 24.3 Å². The van der Waals surface area contributed by atoms with E-state index in [4.69, 9.17) is 5.26 Å². The second-order valence-electron chi connectivity index (χ2n) is 6.95. The predicted molar refractivity (Wildman–Crippen MR) is 93.8 cm³/mol. The third kappa shape index (κ3) is 4.25. The average Bonchev–Trinajstić information content (AvgIpc) is 2.55. The highest BCUT2D eigenvalue weighted by molar-refractivity contribution is 5.76. The summed E-state index contributed by atoms with van der Waals surface area (Å²) in [6.45, 7) is 4.44. The van der Waals surface area contributed by atoms with Crippen LogP contribution in [-0.4, -0.2) is 29.4 Å².